The Kier molecular flexibility index (Phi) is 5.67. The summed E-state index contributed by atoms with van der Waals surface area (Å²) < 4.78 is 6.43. The summed E-state index contributed by atoms with van der Waals surface area (Å²) in [6, 6.07) is 8.96. The Labute approximate surface area is 213 Å². The number of nitrogen functional groups attached to an aromatic ring is 1. The van der Waals surface area contributed by atoms with Crippen LogP contribution in [-0.4, -0.2) is 51.2 Å². The average molecular weight is 491 g/mol. The highest BCUT2D eigenvalue weighted by Crippen LogP contribution is 2.47. The van der Waals surface area contributed by atoms with Crippen LogP contribution in [0.5, 0.6) is 0 Å². The predicted octanol–water partition coefficient (Wildman–Crippen LogP) is 4.13. The Morgan fingerprint density at radius 2 is 1.75 bits per heavy atom. The van der Waals surface area contributed by atoms with Gasteiger partial charge in [0.15, 0.2) is 0 Å². The van der Waals surface area contributed by atoms with Gasteiger partial charge < -0.3 is 25.8 Å². The molecule has 2 aliphatic heterocycles. The minimum Gasteiger partial charge on any atom is -0.390 e. The fourth-order valence-corrected chi connectivity index (χ4v) is 6.92. The number of rotatable bonds is 4. The number of aliphatic hydroxyl groups is 1. The lowest BCUT2D eigenvalue weighted by Crippen LogP contribution is -2.58. The molecule has 1 aromatic heterocycles. The molecule has 3 saturated carbocycles. The number of ether oxygens (including phenoxy) is 1. The fraction of sp³-hybridized carbons (Fsp3) is 0.586. The number of hydrogen-bond donors (Lipinski definition) is 3. The standard InChI is InChI=1S/C29H38N4O3/c1-19(2)33-13-11-29(12-14-33)24-4-3-20(15-22(24)18-36-29)21-16-23(25(30)31-17-21)26(34)32-27-5-8-28(35,9-6-27)10-7-27/h3-4,15-17,19,35H,5-14,18H2,1-2H3,(H2,30,31)(H,32,34). The number of likely N-dealkylation sites (tertiary alicyclic amines) is 1. The summed E-state index contributed by atoms with van der Waals surface area (Å²) in [4.78, 5) is 20.2. The van der Waals surface area contributed by atoms with Crippen LogP contribution in [0.25, 0.3) is 11.1 Å². The van der Waals surface area contributed by atoms with Crippen molar-refractivity contribution in [2.24, 2.45) is 0 Å². The van der Waals surface area contributed by atoms with Gasteiger partial charge in [0, 0.05) is 36.4 Å². The van der Waals surface area contributed by atoms with Crippen molar-refractivity contribution < 1.29 is 14.6 Å². The normalized spacial score (nSPS) is 29.0. The zero-order valence-electron chi connectivity index (χ0n) is 21.5. The molecule has 7 nitrogen and oxygen atoms in total. The maximum absolute atomic E-state index is 13.3. The third-order valence-electron chi connectivity index (χ3n) is 9.52. The molecule has 0 unspecified atom stereocenters. The summed E-state index contributed by atoms with van der Waals surface area (Å²) in [6.45, 7) is 7.24. The number of benzene rings is 1. The van der Waals surface area contributed by atoms with Crippen LogP contribution in [0.3, 0.4) is 0 Å². The number of pyridine rings is 1. The number of nitrogens with two attached hydrogens (primary N) is 1. The van der Waals surface area contributed by atoms with E-state index >= 15 is 0 Å². The van der Waals surface area contributed by atoms with Crippen molar-refractivity contribution in [3.63, 3.8) is 0 Å². The van der Waals surface area contributed by atoms with Crippen molar-refractivity contribution in [2.45, 2.75) is 94.6 Å². The van der Waals surface area contributed by atoms with E-state index in [1.54, 1.807) is 6.20 Å². The number of hydrogen-bond acceptors (Lipinski definition) is 6. The van der Waals surface area contributed by atoms with Crippen molar-refractivity contribution in [3.05, 3.63) is 47.2 Å². The Morgan fingerprint density at radius 1 is 1.06 bits per heavy atom. The van der Waals surface area contributed by atoms with Gasteiger partial charge in [0.05, 0.1) is 23.4 Å². The maximum Gasteiger partial charge on any atom is 0.255 e. The molecular weight excluding hydrogens is 452 g/mol. The number of carbonyl (C=O) groups is 1. The topological polar surface area (TPSA) is 101 Å². The highest BCUT2D eigenvalue weighted by molar-refractivity contribution is 6.00. The highest BCUT2D eigenvalue weighted by atomic mass is 16.5. The number of nitrogens with zero attached hydrogens (tertiary/aromatic N) is 2. The molecule has 0 atom stereocenters. The molecule has 1 amide bonds. The zero-order chi connectivity index (χ0) is 25.1. The molecule has 3 heterocycles. The van der Waals surface area contributed by atoms with E-state index in [9.17, 15) is 9.90 Å². The second-order valence-corrected chi connectivity index (χ2v) is 11.9. The number of nitrogens with one attached hydrogen (secondary N) is 1. The molecule has 192 valence electrons. The SMILES string of the molecule is CC(C)N1CCC2(CC1)OCc1cc(-c3cnc(N)c(C(=O)NC45CCC(O)(CC4)CC5)c3)ccc12. The van der Waals surface area contributed by atoms with Gasteiger partial charge in [0.25, 0.3) is 5.91 Å². The minimum absolute atomic E-state index is 0.172. The second kappa shape index (κ2) is 8.54. The number of amides is 1. The van der Waals surface area contributed by atoms with Gasteiger partial charge in [-0.2, -0.15) is 0 Å². The quantitative estimate of drug-likeness (QED) is 0.596. The minimum atomic E-state index is -0.533. The molecule has 2 aromatic rings. The van der Waals surface area contributed by atoms with Gasteiger partial charge >= 0.3 is 0 Å². The van der Waals surface area contributed by atoms with Crippen LogP contribution in [0.1, 0.15) is 86.7 Å². The largest absolute Gasteiger partial charge is 0.390 e. The summed E-state index contributed by atoms with van der Waals surface area (Å²) >= 11 is 0. The van der Waals surface area contributed by atoms with Crippen molar-refractivity contribution in [2.75, 3.05) is 18.8 Å². The Hall–Kier alpha value is -2.48. The van der Waals surface area contributed by atoms with Crippen LogP contribution >= 0.6 is 0 Å². The number of piperidine rings is 1. The molecular formula is C29H38N4O3. The second-order valence-electron chi connectivity index (χ2n) is 11.9. The zero-order valence-corrected chi connectivity index (χ0v) is 21.5. The molecule has 5 aliphatic rings. The number of anilines is 1. The molecule has 4 fully saturated rings. The van der Waals surface area contributed by atoms with Crippen molar-refractivity contribution in [1.29, 1.82) is 0 Å². The van der Waals surface area contributed by atoms with Gasteiger partial charge in [0.1, 0.15) is 5.82 Å². The van der Waals surface area contributed by atoms with E-state index in [0.29, 0.717) is 18.2 Å². The highest BCUT2D eigenvalue weighted by Gasteiger charge is 2.48. The Morgan fingerprint density at radius 3 is 2.42 bits per heavy atom. The summed E-state index contributed by atoms with van der Waals surface area (Å²) in [7, 11) is 0. The predicted molar refractivity (Wildman–Crippen MR) is 139 cm³/mol. The molecule has 1 aromatic carbocycles. The fourth-order valence-electron chi connectivity index (χ4n) is 6.92. The summed E-state index contributed by atoms with van der Waals surface area (Å²) in [5.41, 5.74) is 10.1. The maximum atomic E-state index is 13.3. The van der Waals surface area contributed by atoms with E-state index in [-0.39, 0.29) is 22.9 Å². The molecule has 7 heteroatoms. The van der Waals surface area contributed by atoms with Crippen molar-refractivity contribution in [1.82, 2.24) is 15.2 Å². The smallest absolute Gasteiger partial charge is 0.255 e. The third-order valence-corrected chi connectivity index (χ3v) is 9.52. The van der Waals surface area contributed by atoms with E-state index in [4.69, 9.17) is 10.5 Å². The van der Waals surface area contributed by atoms with E-state index in [1.807, 2.05) is 6.07 Å². The first-order valence-electron chi connectivity index (χ1n) is 13.5. The first-order chi connectivity index (χ1) is 17.2. The molecule has 7 rings (SSSR count). The molecule has 1 saturated heterocycles. The van der Waals surface area contributed by atoms with Crippen LogP contribution in [0.15, 0.2) is 30.5 Å². The van der Waals surface area contributed by atoms with Crippen LogP contribution in [-0.2, 0) is 16.9 Å². The number of carbonyl (C=O) groups excluding carboxylic acids is 1. The van der Waals surface area contributed by atoms with Crippen LogP contribution < -0.4 is 11.1 Å². The van der Waals surface area contributed by atoms with Gasteiger partial charge in [-0.25, -0.2) is 4.98 Å². The molecule has 2 bridgehead atoms. The average Bonchev–Trinajstić information content (AvgIpc) is 3.22. The number of fused-ring (bicyclic) bond motifs is 5. The van der Waals surface area contributed by atoms with Gasteiger partial charge in [-0.1, -0.05) is 12.1 Å². The van der Waals surface area contributed by atoms with Crippen molar-refractivity contribution >= 4 is 11.7 Å². The Bertz CT molecular complexity index is 1160. The van der Waals surface area contributed by atoms with E-state index in [2.05, 4.69) is 47.2 Å². The van der Waals surface area contributed by atoms with Gasteiger partial charge in [0.2, 0.25) is 0 Å². The van der Waals surface area contributed by atoms with E-state index in [1.165, 1.54) is 11.1 Å². The van der Waals surface area contributed by atoms with Gasteiger partial charge in [-0.15, -0.1) is 0 Å². The van der Waals surface area contributed by atoms with Gasteiger partial charge in [-0.3, -0.25) is 4.79 Å². The van der Waals surface area contributed by atoms with E-state index in [0.717, 1.165) is 75.6 Å². The molecule has 1 spiro atoms. The van der Waals surface area contributed by atoms with Crippen molar-refractivity contribution in [3.8, 4) is 11.1 Å². The summed E-state index contributed by atoms with van der Waals surface area (Å²) in [5.74, 6) is 0.0747. The third kappa shape index (κ3) is 4.01. The first-order valence-corrected chi connectivity index (χ1v) is 13.5. The monoisotopic (exact) mass is 490 g/mol. The Balaban J connectivity index is 1.22. The molecule has 3 aliphatic carbocycles. The van der Waals surface area contributed by atoms with Crippen LogP contribution in [0, 0.1) is 0 Å². The molecule has 4 N–H and O–H groups in total. The summed E-state index contributed by atoms with van der Waals surface area (Å²) in [6.07, 6.45) is 8.45. The lowest BCUT2D eigenvalue weighted by Gasteiger charge is -2.51. The van der Waals surface area contributed by atoms with E-state index < -0.39 is 5.60 Å². The number of aromatic nitrogens is 1. The molecule has 0 radical (unpaired) electrons. The summed E-state index contributed by atoms with van der Waals surface area (Å²) in [5, 5.41) is 13.8. The van der Waals surface area contributed by atoms with Crippen LogP contribution in [0.4, 0.5) is 5.82 Å². The lowest BCUT2D eigenvalue weighted by molar-refractivity contribution is -0.0825. The first kappa shape index (κ1) is 23.9. The van der Waals surface area contributed by atoms with Crippen LogP contribution in [0.2, 0.25) is 0 Å². The lowest BCUT2D eigenvalue weighted by atomic mass is 9.63. The molecule has 36 heavy (non-hydrogen) atoms. The van der Waals surface area contributed by atoms with Gasteiger partial charge in [-0.05, 0) is 94.0 Å².